The van der Waals surface area contributed by atoms with E-state index in [0.717, 1.165) is 28.1 Å². The van der Waals surface area contributed by atoms with Crippen LogP contribution < -0.4 is 10.6 Å². The Bertz CT molecular complexity index is 939. The van der Waals surface area contributed by atoms with Crippen molar-refractivity contribution < 1.29 is 14.4 Å². The smallest absolute Gasteiger partial charge is 0.319 e. The molecule has 0 saturated carbocycles. The van der Waals surface area contributed by atoms with E-state index >= 15 is 0 Å². The summed E-state index contributed by atoms with van der Waals surface area (Å²) < 4.78 is 0. The molecule has 1 atom stereocenters. The summed E-state index contributed by atoms with van der Waals surface area (Å²) in [5.41, 5.74) is 1.74. The van der Waals surface area contributed by atoms with Gasteiger partial charge in [0.05, 0.1) is 5.69 Å². The summed E-state index contributed by atoms with van der Waals surface area (Å²) in [6, 6.07) is 7.08. The van der Waals surface area contributed by atoms with E-state index in [-0.39, 0.29) is 18.4 Å². The lowest BCUT2D eigenvalue weighted by Crippen LogP contribution is -2.42. The highest BCUT2D eigenvalue weighted by atomic mass is 32.1. The molecule has 2 heterocycles. The molecule has 4 rings (SSSR count). The fourth-order valence-corrected chi connectivity index (χ4v) is 4.53. The molecule has 27 heavy (non-hydrogen) atoms. The number of anilines is 1. The van der Waals surface area contributed by atoms with Crippen molar-refractivity contribution in [3.63, 3.8) is 0 Å². The summed E-state index contributed by atoms with van der Waals surface area (Å²) >= 11 is 1.33. The highest BCUT2D eigenvalue weighted by molar-refractivity contribution is 7.13. The Kier molecular flexibility index (Phi) is 4.22. The van der Waals surface area contributed by atoms with Crippen molar-refractivity contribution in [3.8, 4) is 0 Å². The second-order valence-corrected chi connectivity index (χ2v) is 8.02. The van der Waals surface area contributed by atoms with Crippen LogP contribution in [0.5, 0.6) is 0 Å². The molecule has 7 nitrogen and oxygen atoms in total. The van der Waals surface area contributed by atoms with Gasteiger partial charge in [-0.05, 0) is 29.9 Å². The second kappa shape index (κ2) is 6.45. The summed E-state index contributed by atoms with van der Waals surface area (Å²) in [5, 5.41) is 7.85. The molecule has 1 fully saturated rings. The lowest BCUT2D eigenvalue weighted by molar-refractivity contribution is -0.134. The molecule has 0 unspecified atom stereocenters. The monoisotopic (exact) mass is 384 g/mol. The zero-order chi connectivity index (χ0) is 19.2. The Hall–Kier alpha value is -2.74. The van der Waals surface area contributed by atoms with Crippen molar-refractivity contribution in [2.45, 2.75) is 38.1 Å². The van der Waals surface area contributed by atoms with Crippen LogP contribution in [0.3, 0.4) is 0 Å². The van der Waals surface area contributed by atoms with E-state index in [2.05, 4.69) is 15.6 Å². The van der Waals surface area contributed by atoms with E-state index in [0.29, 0.717) is 11.6 Å². The number of rotatable bonds is 4. The second-order valence-electron chi connectivity index (χ2n) is 7.16. The van der Waals surface area contributed by atoms with Crippen LogP contribution in [0.2, 0.25) is 0 Å². The maximum atomic E-state index is 13.0. The van der Waals surface area contributed by atoms with Gasteiger partial charge in [0.15, 0.2) is 5.13 Å². The number of urea groups is 1. The number of amides is 4. The number of fused-ring (bicyclic) bond motifs is 2. The molecule has 8 heteroatoms. The Balaban J connectivity index is 1.49. The van der Waals surface area contributed by atoms with Crippen molar-refractivity contribution in [1.82, 2.24) is 15.2 Å². The molecule has 1 aromatic carbocycles. The molecule has 0 bridgehead atoms. The molecule has 1 aliphatic heterocycles. The molecule has 1 aromatic heterocycles. The Morgan fingerprint density at radius 3 is 2.89 bits per heavy atom. The van der Waals surface area contributed by atoms with Crippen LogP contribution in [0.15, 0.2) is 29.6 Å². The molecule has 1 saturated heterocycles. The first-order valence-electron chi connectivity index (χ1n) is 8.88. The molecule has 1 spiro atoms. The van der Waals surface area contributed by atoms with Crippen LogP contribution in [0.1, 0.15) is 43.0 Å². The van der Waals surface area contributed by atoms with Crippen LogP contribution in [-0.4, -0.2) is 34.3 Å². The Morgan fingerprint density at radius 1 is 1.37 bits per heavy atom. The lowest BCUT2D eigenvalue weighted by Gasteiger charge is -2.22. The number of nitrogens with one attached hydrogen (secondary N) is 2. The minimum Gasteiger partial charge on any atom is -0.319 e. The number of aryl methyl sites for hydroxylation is 1. The van der Waals surface area contributed by atoms with Crippen LogP contribution >= 0.6 is 11.3 Å². The number of nitrogens with zero attached hydrogens (tertiary/aromatic N) is 2. The predicted molar refractivity (Wildman–Crippen MR) is 102 cm³/mol. The van der Waals surface area contributed by atoms with Crippen LogP contribution in [0.4, 0.5) is 9.93 Å². The molecule has 0 radical (unpaired) electrons. The van der Waals surface area contributed by atoms with Gasteiger partial charge in [-0.3, -0.25) is 14.5 Å². The van der Waals surface area contributed by atoms with Crippen LogP contribution in [0.25, 0.3) is 0 Å². The van der Waals surface area contributed by atoms with Gasteiger partial charge in [-0.1, -0.05) is 38.1 Å². The number of benzene rings is 1. The number of hydrogen-bond acceptors (Lipinski definition) is 5. The van der Waals surface area contributed by atoms with Gasteiger partial charge in [-0.25, -0.2) is 9.78 Å². The number of hydrogen-bond donors (Lipinski definition) is 2. The topological polar surface area (TPSA) is 91.4 Å². The molecule has 2 N–H and O–H groups in total. The summed E-state index contributed by atoms with van der Waals surface area (Å²) in [5.74, 6) is -0.541. The fourth-order valence-electron chi connectivity index (χ4n) is 3.64. The maximum absolute atomic E-state index is 13.0. The highest BCUT2D eigenvalue weighted by Crippen LogP contribution is 2.41. The first kappa shape index (κ1) is 17.7. The van der Waals surface area contributed by atoms with E-state index < -0.39 is 17.5 Å². The number of aromatic nitrogens is 1. The summed E-state index contributed by atoms with van der Waals surface area (Å²) in [6.07, 6.45) is 1.23. The number of carbonyl (C=O) groups excluding carboxylic acids is 3. The third-order valence-corrected chi connectivity index (χ3v) is 5.86. The van der Waals surface area contributed by atoms with E-state index in [1.54, 1.807) is 0 Å². The lowest BCUT2D eigenvalue weighted by atomic mass is 9.92. The fraction of sp³-hybridized carbons (Fsp3) is 0.368. The van der Waals surface area contributed by atoms with E-state index in [1.165, 1.54) is 11.3 Å². The number of thiazole rings is 1. The molecular weight excluding hydrogens is 364 g/mol. The zero-order valence-corrected chi connectivity index (χ0v) is 15.9. The normalized spacial score (nSPS) is 21.1. The molecule has 2 aromatic rings. The first-order valence-corrected chi connectivity index (χ1v) is 9.76. The molecule has 4 amide bonds. The van der Waals surface area contributed by atoms with E-state index in [4.69, 9.17) is 0 Å². The quantitative estimate of drug-likeness (QED) is 0.793. The average Bonchev–Trinajstić information content (AvgIpc) is 3.30. The van der Waals surface area contributed by atoms with Gasteiger partial charge in [0.25, 0.3) is 5.91 Å². The Morgan fingerprint density at radius 2 is 2.15 bits per heavy atom. The Labute approximate surface area is 160 Å². The average molecular weight is 384 g/mol. The largest absolute Gasteiger partial charge is 0.325 e. The third-order valence-electron chi connectivity index (χ3n) is 5.08. The summed E-state index contributed by atoms with van der Waals surface area (Å²) in [4.78, 5) is 43.2. The van der Waals surface area contributed by atoms with Gasteiger partial charge in [-0.2, -0.15) is 0 Å². The van der Waals surface area contributed by atoms with Gasteiger partial charge in [0, 0.05) is 5.38 Å². The van der Waals surface area contributed by atoms with Crippen LogP contribution in [0, 0.1) is 0 Å². The van der Waals surface area contributed by atoms with E-state index in [9.17, 15) is 14.4 Å². The summed E-state index contributed by atoms with van der Waals surface area (Å²) in [7, 11) is 0. The molecule has 140 valence electrons. The zero-order valence-electron chi connectivity index (χ0n) is 15.1. The third kappa shape index (κ3) is 2.90. The number of imide groups is 1. The van der Waals surface area contributed by atoms with Crippen molar-refractivity contribution in [2.75, 3.05) is 11.9 Å². The summed E-state index contributed by atoms with van der Waals surface area (Å²) in [6.45, 7) is 3.71. The standard InChI is InChI=1S/C19H20N4O3S/c1-11(2)14-10-27-17(20-14)21-15(24)9-23-16(25)19(22-18(23)26)8-7-12-5-3-4-6-13(12)19/h3-6,10-11H,7-9H2,1-2H3,(H,22,26)(H,20,21,24)/t19-/m1/s1. The SMILES string of the molecule is CC(C)c1csc(NC(=O)CN2C(=O)N[C@@]3(CCc4ccccc43)C2=O)n1. The minimum absolute atomic E-state index is 0.264. The van der Waals surface area contributed by atoms with Crippen molar-refractivity contribution in [2.24, 2.45) is 0 Å². The molecular formula is C19H20N4O3S. The molecule has 1 aliphatic carbocycles. The minimum atomic E-state index is -1.04. The highest BCUT2D eigenvalue weighted by Gasteiger charge is 2.55. The van der Waals surface area contributed by atoms with Gasteiger partial charge >= 0.3 is 6.03 Å². The van der Waals surface area contributed by atoms with Crippen molar-refractivity contribution in [3.05, 3.63) is 46.5 Å². The first-order chi connectivity index (χ1) is 12.9. The van der Waals surface area contributed by atoms with Crippen LogP contribution in [-0.2, 0) is 21.5 Å². The number of carbonyl (C=O) groups is 3. The predicted octanol–water partition coefficient (Wildman–Crippen LogP) is 2.60. The van der Waals surface area contributed by atoms with Gasteiger partial charge in [0.1, 0.15) is 12.1 Å². The molecule has 2 aliphatic rings. The van der Waals surface area contributed by atoms with E-state index in [1.807, 2.05) is 43.5 Å². The van der Waals surface area contributed by atoms with Gasteiger partial charge in [0.2, 0.25) is 5.91 Å². The van der Waals surface area contributed by atoms with Gasteiger partial charge < -0.3 is 10.6 Å². The van der Waals surface area contributed by atoms with Gasteiger partial charge in [-0.15, -0.1) is 11.3 Å². The maximum Gasteiger partial charge on any atom is 0.325 e. The van der Waals surface area contributed by atoms with Crippen molar-refractivity contribution in [1.29, 1.82) is 0 Å². The van der Waals surface area contributed by atoms with Crippen molar-refractivity contribution >= 4 is 34.3 Å².